The molecule has 3 N–H and O–H groups in total. The highest BCUT2D eigenvalue weighted by atomic mass is 35.5. The Balaban J connectivity index is 3.56. The SMILES string of the molecule is Nc1cc(F)c(Cl)c(S(=O)(=O)O)c1. The maximum atomic E-state index is 12.8. The molecule has 4 nitrogen and oxygen atoms in total. The first kappa shape index (κ1) is 10.2. The van der Waals surface area contributed by atoms with E-state index in [1.165, 1.54) is 0 Å². The van der Waals surface area contributed by atoms with Crippen molar-refractivity contribution in [3.05, 3.63) is 23.0 Å². The van der Waals surface area contributed by atoms with Crippen molar-refractivity contribution in [3.8, 4) is 0 Å². The van der Waals surface area contributed by atoms with Gasteiger partial charge in [0.1, 0.15) is 10.7 Å². The van der Waals surface area contributed by atoms with E-state index in [1.807, 2.05) is 0 Å². The molecule has 1 rings (SSSR count). The summed E-state index contributed by atoms with van der Waals surface area (Å²) in [6.45, 7) is 0. The lowest BCUT2D eigenvalue weighted by Crippen LogP contribution is -2.02. The normalized spacial score (nSPS) is 11.6. The van der Waals surface area contributed by atoms with Crippen molar-refractivity contribution in [2.75, 3.05) is 5.73 Å². The van der Waals surface area contributed by atoms with E-state index in [0.717, 1.165) is 12.1 Å². The van der Waals surface area contributed by atoms with Gasteiger partial charge < -0.3 is 5.73 Å². The minimum absolute atomic E-state index is 0.130. The van der Waals surface area contributed by atoms with Crippen molar-refractivity contribution in [1.82, 2.24) is 0 Å². The summed E-state index contributed by atoms with van der Waals surface area (Å²) in [6.07, 6.45) is 0. The molecule has 0 heterocycles. The Morgan fingerprint density at radius 3 is 2.46 bits per heavy atom. The van der Waals surface area contributed by atoms with Crippen LogP contribution in [0.4, 0.5) is 10.1 Å². The van der Waals surface area contributed by atoms with Gasteiger partial charge in [-0.1, -0.05) is 11.6 Å². The summed E-state index contributed by atoms with van der Waals surface area (Å²) in [5.41, 5.74) is 5.02. The minimum atomic E-state index is -4.53. The van der Waals surface area contributed by atoms with Crippen molar-refractivity contribution < 1.29 is 17.4 Å². The molecule has 1 aromatic rings. The summed E-state index contributed by atoms with van der Waals surface area (Å²) < 4.78 is 42.6. The number of halogens is 2. The van der Waals surface area contributed by atoms with Gasteiger partial charge in [-0.05, 0) is 12.1 Å². The molecule has 72 valence electrons. The predicted molar refractivity (Wildman–Crippen MR) is 45.6 cm³/mol. The van der Waals surface area contributed by atoms with Gasteiger partial charge in [0, 0.05) is 5.69 Å². The largest absolute Gasteiger partial charge is 0.399 e. The Morgan fingerprint density at radius 1 is 1.46 bits per heavy atom. The molecule has 7 heteroatoms. The summed E-state index contributed by atoms with van der Waals surface area (Å²) >= 11 is 5.28. The quantitative estimate of drug-likeness (QED) is 0.558. The number of nitrogen functional groups attached to an aromatic ring is 1. The molecule has 0 aliphatic heterocycles. The monoisotopic (exact) mass is 225 g/mol. The number of anilines is 1. The van der Waals surface area contributed by atoms with Gasteiger partial charge in [0.15, 0.2) is 0 Å². The highest BCUT2D eigenvalue weighted by Crippen LogP contribution is 2.26. The summed E-state index contributed by atoms with van der Waals surface area (Å²) in [6, 6.07) is 1.73. The second-order valence-electron chi connectivity index (χ2n) is 2.29. The minimum Gasteiger partial charge on any atom is -0.399 e. The van der Waals surface area contributed by atoms with E-state index in [1.54, 1.807) is 0 Å². The molecule has 0 aliphatic rings. The Bertz CT molecular complexity index is 445. The zero-order valence-electron chi connectivity index (χ0n) is 6.16. The van der Waals surface area contributed by atoms with Crippen molar-refractivity contribution >= 4 is 27.4 Å². The van der Waals surface area contributed by atoms with Crippen molar-refractivity contribution in [2.24, 2.45) is 0 Å². The summed E-state index contributed by atoms with van der Waals surface area (Å²) in [4.78, 5) is -0.730. The molecule has 13 heavy (non-hydrogen) atoms. The van der Waals surface area contributed by atoms with Gasteiger partial charge in [-0.2, -0.15) is 8.42 Å². The van der Waals surface area contributed by atoms with Crippen LogP contribution in [-0.2, 0) is 10.1 Å². The first-order chi connectivity index (χ1) is 5.82. The summed E-state index contributed by atoms with van der Waals surface area (Å²) in [5, 5.41) is -0.670. The van der Waals surface area contributed by atoms with Gasteiger partial charge in [0.25, 0.3) is 10.1 Å². The fourth-order valence-corrected chi connectivity index (χ4v) is 1.78. The first-order valence-electron chi connectivity index (χ1n) is 3.04. The van der Waals surface area contributed by atoms with Crippen LogP contribution in [0.5, 0.6) is 0 Å². The molecule has 0 unspecified atom stereocenters. The maximum Gasteiger partial charge on any atom is 0.296 e. The zero-order valence-corrected chi connectivity index (χ0v) is 7.73. The second-order valence-corrected chi connectivity index (χ2v) is 4.06. The summed E-state index contributed by atoms with van der Waals surface area (Å²) in [7, 11) is -4.53. The van der Waals surface area contributed by atoms with Crippen LogP contribution in [0.3, 0.4) is 0 Å². The molecule has 0 spiro atoms. The van der Waals surface area contributed by atoms with Crippen LogP contribution in [-0.4, -0.2) is 13.0 Å². The molecule has 0 saturated heterocycles. The third-order valence-corrected chi connectivity index (χ3v) is 2.67. The lowest BCUT2D eigenvalue weighted by molar-refractivity contribution is 0.482. The first-order valence-corrected chi connectivity index (χ1v) is 4.86. The molecule has 1 aromatic carbocycles. The Labute approximate surface area is 78.9 Å². The molecule has 0 aromatic heterocycles. The van der Waals surface area contributed by atoms with Gasteiger partial charge in [0.05, 0.1) is 5.02 Å². The van der Waals surface area contributed by atoms with E-state index in [0.29, 0.717) is 0 Å². The average Bonchev–Trinajstić information content (AvgIpc) is 1.94. The zero-order chi connectivity index (χ0) is 10.2. The van der Waals surface area contributed by atoms with Crippen LogP contribution >= 0.6 is 11.6 Å². The van der Waals surface area contributed by atoms with E-state index in [4.69, 9.17) is 21.9 Å². The van der Waals surface area contributed by atoms with Crippen molar-refractivity contribution in [3.63, 3.8) is 0 Å². The van der Waals surface area contributed by atoms with E-state index in [-0.39, 0.29) is 5.69 Å². The maximum absolute atomic E-state index is 12.8. The fraction of sp³-hybridized carbons (Fsp3) is 0. The second kappa shape index (κ2) is 3.13. The molecule has 0 bridgehead atoms. The molecule has 0 amide bonds. The standard InChI is InChI=1S/C6H5ClFNO3S/c7-6-4(8)1-3(9)2-5(6)13(10,11)12/h1-2H,9H2,(H,10,11,12). The number of hydrogen-bond acceptors (Lipinski definition) is 3. The molecular weight excluding hydrogens is 221 g/mol. The molecular formula is C6H5ClFNO3S. The van der Waals surface area contributed by atoms with E-state index >= 15 is 0 Å². The average molecular weight is 226 g/mol. The van der Waals surface area contributed by atoms with E-state index < -0.39 is 25.9 Å². The third-order valence-electron chi connectivity index (χ3n) is 1.30. The molecule has 0 atom stereocenters. The van der Waals surface area contributed by atoms with E-state index in [9.17, 15) is 12.8 Å². The third kappa shape index (κ3) is 2.09. The van der Waals surface area contributed by atoms with Crippen LogP contribution in [0.15, 0.2) is 17.0 Å². The lowest BCUT2D eigenvalue weighted by atomic mass is 10.3. The number of benzene rings is 1. The van der Waals surface area contributed by atoms with Crippen molar-refractivity contribution in [2.45, 2.75) is 4.90 Å². The molecule has 0 fully saturated rings. The Morgan fingerprint density at radius 2 is 2.00 bits per heavy atom. The topological polar surface area (TPSA) is 80.4 Å². The fourth-order valence-electron chi connectivity index (χ4n) is 0.771. The number of rotatable bonds is 1. The van der Waals surface area contributed by atoms with Gasteiger partial charge in [-0.25, -0.2) is 4.39 Å². The molecule has 0 aliphatic carbocycles. The smallest absolute Gasteiger partial charge is 0.296 e. The van der Waals surface area contributed by atoms with Gasteiger partial charge in [0.2, 0.25) is 0 Å². The van der Waals surface area contributed by atoms with Crippen LogP contribution in [0, 0.1) is 5.82 Å². The number of hydrogen-bond donors (Lipinski definition) is 2. The van der Waals surface area contributed by atoms with Gasteiger partial charge in [-0.3, -0.25) is 4.55 Å². The Kier molecular flexibility index (Phi) is 2.47. The summed E-state index contributed by atoms with van der Waals surface area (Å²) in [5.74, 6) is -0.991. The Hall–Kier alpha value is -0.850. The van der Waals surface area contributed by atoms with Crippen LogP contribution in [0.2, 0.25) is 5.02 Å². The van der Waals surface area contributed by atoms with Crippen LogP contribution in [0.1, 0.15) is 0 Å². The van der Waals surface area contributed by atoms with Gasteiger partial charge in [-0.15, -0.1) is 0 Å². The highest BCUT2D eigenvalue weighted by molar-refractivity contribution is 7.86. The van der Waals surface area contributed by atoms with Crippen LogP contribution < -0.4 is 5.73 Å². The molecule has 0 saturated carbocycles. The number of nitrogens with two attached hydrogens (primary N) is 1. The van der Waals surface area contributed by atoms with Gasteiger partial charge >= 0.3 is 0 Å². The van der Waals surface area contributed by atoms with Crippen molar-refractivity contribution in [1.29, 1.82) is 0 Å². The predicted octanol–water partition coefficient (Wildman–Crippen LogP) is 1.31. The van der Waals surface area contributed by atoms with Crippen LogP contribution in [0.25, 0.3) is 0 Å². The lowest BCUT2D eigenvalue weighted by Gasteiger charge is -2.02. The molecule has 0 radical (unpaired) electrons. The highest BCUT2D eigenvalue weighted by Gasteiger charge is 2.18. The van der Waals surface area contributed by atoms with E-state index in [2.05, 4.69) is 0 Å².